The van der Waals surface area contributed by atoms with Gasteiger partial charge in [-0.05, 0) is 36.1 Å². The molecule has 1 amide bonds. The molecule has 1 heterocycles. The predicted octanol–water partition coefficient (Wildman–Crippen LogP) is 3.03. The van der Waals surface area contributed by atoms with Crippen LogP contribution in [0.25, 0.3) is 0 Å². The van der Waals surface area contributed by atoms with E-state index < -0.39 is 24.5 Å². The standard InChI is InChI=1S/C15H15F2NO3S/c1-15(8-19,9-2-4-10(20)5-3-9)18-14(21)11-6-7-22-12(11)13(16)17/h2-7,13,19-20H,8H2,1H3,(H,18,21). The molecule has 0 bridgehead atoms. The van der Waals surface area contributed by atoms with Crippen LogP contribution in [-0.2, 0) is 5.54 Å². The molecule has 1 unspecified atom stereocenters. The molecule has 0 aliphatic carbocycles. The summed E-state index contributed by atoms with van der Waals surface area (Å²) in [5, 5.41) is 22.9. The summed E-state index contributed by atoms with van der Waals surface area (Å²) in [6.45, 7) is 1.16. The van der Waals surface area contributed by atoms with Gasteiger partial charge in [-0.15, -0.1) is 11.3 Å². The van der Waals surface area contributed by atoms with Crippen LogP contribution in [-0.4, -0.2) is 22.7 Å². The molecule has 1 aromatic carbocycles. The molecule has 0 aliphatic heterocycles. The van der Waals surface area contributed by atoms with Crippen molar-refractivity contribution < 1.29 is 23.8 Å². The minimum Gasteiger partial charge on any atom is -0.508 e. The van der Waals surface area contributed by atoms with Crippen molar-refractivity contribution in [3.05, 3.63) is 51.7 Å². The van der Waals surface area contributed by atoms with E-state index in [2.05, 4.69) is 5.32 Å². The Morgan fingerprint density at radius 2 is 1.95 bits per heavy atom. The maximum absolute atomic E-state index is 12.9. The number of carbonyl (C=O) groups excluding carboxylic acids is 1. The van der Waals surface area contributed by atoms with Crippen LogP contribution in [0.4, 0.5) is 8.78 Å². The van der Waals surface area contributed by atoms with Crippen LogP contribution in [0, 0.1) is 0 Å². The number of nitrogens with one attached hydrogen (secondary N) is 1. The first kappa shape index (κ1) is 16.4. The van der Waals surface area contributed by atoms with Crippen molar-refractivity contribution in [3.63, 3.8) is 0 Å². The fraction of sp³-hybridized carbons (Fsp3) is 0.267. The van der Waals surface area contributed by atoms with Gasteiger partial charge in [0.05, 0.1) is 22.6 Å². The number of benzene rings is 1. The molecule has 4 nitrogen and oxygen atoms in total. The molecule has 0 saturated carbocycles. The fourth-order valence-electron chi connectivity index (χ4n) is 2.03. The van der Waals surface area contributed by atoms with E-state index in [1.54, 1.807) is 19.1 Å². The number of aliphatic hydroxyl groups is 1. The number of amides is 1. The highest BCUT2D eigenvalue weighted by atomic mass is 32.1. The minimum atomic E-state index is -2.73. The van der Waals surface area contributed by atoms with Gasteiger partial charge in [0.25, 0.3) is 12.3 Å². The van der Waals surface area contributed by atoms with Gasteiger partial charge in [0, 0.05) is 0 Å². The number of alkyl halides is 2. The molecule has 118 valence electrons. The van der Waals surface area contributed by atoms with E-state index in [0.29, 0.717) is 5.56 Å². The van der Waals surface area contributed by atoms with Crippen LogP contribution in [0.1, 0.15) is 34.1 Å². The van der Waals surface area contributed by atoms with Crippen molar-refractivity contribution in [1.82, 2.24) is 5.32 Å². The molecule has 0 radical (unpaired) electrons. The SMILES string of the molecule is CC(CO)(NC(=O)c1ccsc1C(F)F)c1ccc(O)cc1. The largest absolute Gasteiger partial charge is 0.508 e. The molecule has 2 rings (SSSR count). The Bertz CT molecular complexity index is 657. The van der Waals surface area contributed by atoms with Crippen molar-refractivity contribution in [3.8, 4) is 5.75 Å². The molecule has 1 atom stereocenters. The average molecular weight is 327 g/mol. The Labute approximate surface area is 130 Å². The van der Waals surface area contributed by atoms with Gasteiger partial charge in [-0.3, -0.25) is 4.79 Å². The maximum Gasteiger partial charge on any atom is 0.273 e. The summed E-state index contributed by atoms with van der Waals surface area (Å²) in [4.78, 5) is 11.9. The molecular weight excluding hydrogens is 312 g/mol. The summed E-state index contributed by atoms with van der Waals surface area (Å²) in [6.07, 6.45) is -2.73. The monoisotopic (exact) mass is 327 g/mol. The molecule has 3 N–H and O–H groups in total. The molecule has 1 aromatic heterocycles. The summed E-state index contributed by atoms with van der Waals surface area (Å²) in [5.74, 6) is -0.630. The fourth-order valence-corrected chi connectivity index (χ4v) is 2.77. The minimum absolute atomic E-state index is 0.0492. The third-order valence-corrected chi connectivity index (χ3v) is 4.27. The zero-order chi connectivity index (χ0) is 16.3. The lowest BCUT2D eigenvalue weighted by molar-refractivity contribution is 0.0840. The van der Waals surface area contributed by atoms with Crippen molar-refractivity contribution in [2.45, 2.75) is 18.9 Å². The van der Waals surface area contributed by atoms with E-state index >= 15 is 0 Å². The van der Waals surface area contributed by atoms with E-state index in [4.69, 9.17) is 0 Å². The highest BCUT2D eigenvalue weighted by molar-refractivity contribution is 7.10. The van der Waals surface area contributed by atoms with Crippen molar-refractivity contribution in [2.24, 2.45) is 0 Å². The average Bonchev–Trinajstić information content (AvgIpc) is 2.97. The second-order valence-electron chi connectivity index (χ2n) is 4.99. The number of halogens is 2. The number of aliphatic hydroxyl groups excluding tert-OH is 1. The number of hydrogen-bond donors (Lipinski definition) is 3. The lowest BCUT2D eigenvalue weighted by Gasteiger charge is -2.29. The number of phenolic OH excluding ortho intramolecular Hbond substituents is 1. The second-order valence-corrected chi connectivity index (χ2v) is 5.94. The van der Waals surface area contributed by atoms with Gasteiger partial charge < -0.3 is 15.5 Å². The summed E-state index contributed by atoms with van der Waals surface area (Å²) < 4.78 is 25.7. The topological polar surface area (TPSA) is 69.6 Å². The van der Waals surface area contributed by atoms with Crippen molar-refractivity contribution in [2.75, 3.05) is 6.61 Å². The molecule has 0 aliphatic rings. The molecule has 0 saturated heterocycles. The first-order valence-electron chi connectivity index (χ1n) is 6.46. The lowest BCUT2D eigenvalue weighted by atomic mass is 9.92. The van der Waals surface area contributed by atoms with E-state index in [-0.39, 0.29) is 16.2 Å². The van der Waals surface area contributed by atoms with Gasteiger partial charge in [-0.25, -0.2) is 8.78 Å². The van der Waals surface area contributed by atoms with Crippen LogP contribution < -0.4 is 5.32 Å². The zero-order valence-electron chi connectivity index (χ0n) is 11.7. The summed E-state index contributed by atoms with van der Waals surface area (Å²) in [5.41, 5.74) is -0.694. The maximum atomic E-state index is 12.9. The smallest absolute Gasteiger partial charge is 0.273 e. The predicted molar refractivity (Wildman–Crippen MR) is 79.3 cm³/mol. The molecule has 0 fully saturated rings. The first-order valence-corrected chi connectivity index (χ1v) is 7.34. The Balaban J connectivity index is 2.27. The third kappa shape index (κ3) is 3.26. The Hall–Kier alpha value is -1.99. The van der Waals surface area contributed by atoms with Gasteiger partial charge in [-0.2, -0.15) is 0 Å². The number of hydrogen-bond acceptors (Lipinski definition) is 4. The normalized spacial score (nSPS) is 13.9. The van der Waals surface area contributed by atoms with Gasteiger partial charge >= 0.3 is 0 Å². The number of aromatic hydroxyl groups is 1. The van der Waals surface area contributed by atoms with Crippen molar-refractivity contribution in [1.29, 1.82) is 0 Å². The van der Waals surface area contributed by atoms with Gasteiger partial charge in [-0.1, -0.05) is 12.1 Å². The van der Waals surface area contributed by atoms with E-state index in [1.807, 2.05) is 0 Å². The Morgan fingerprint density at radius 1 is 1.32 bits per heavy atom. The van der Waals surface area contributed by atoms with Crippen molar-refractivity contribution >= 4 is 17.2 Å². The van der Waals surface area contributed by atoms with Crippen LogP contribution in [0.2, 0.25) is 0 Å². The summed E-state index contributed by atoms with van der Waals surface area (Å²) >= 11 is 0.811. The molecule has 22 heavy (non-hydrogen) atoms. The summed E-state index contributed by atoms with van der Waals surface area (Å²) in [6, 6.07) is 7.27. The van der Waals surface area contributed by atoms with Crippen LogP contribution in [0.15, 0.2) is 35.7 Å². The zero-order valence-corrected chi connectivity index (χ0v) is 12.5. The third-order valence-electron chi connectivity index (χ3n) is 3.35. The van der Waals surface area contributed by atoms with E-state index in [1.165, 1.54) is 23.6 Å². The molecule has 7 heteroatoms. The number of phenols is 1. The van der Waals surface area contributed by atoms with Gasteiger partial charge in [0.1, 0.15) is 5.75 Å². The van der Waals surface area contributed by atoms with Crippen LogP contribution in [0.5, 0.6) is 5.75 Å². The van der Waals surface area contributed by atoms with Crippen LogP contribution >= 0.6 is 11.3 Å². The highest BCUT2D eigenvalue weighted by Gasteiger charge is 2.30. The Kier molecular flexibility index (Phi) is 4.77. The molecule has 2 aromatic rings. The lowest BCUT2D eigenvalue weighted by Crippen LogP contribution is -2.46. The van der Waals surface area contributed by atoms with Crippen LogP contribution in [0.3, 0.4) is 0 Å². The molecular formula is C15H15F2NO3S. The highest BCUT2D eigenvalue weighted by Crippen LogP contribution is 2.29. The van der Waals surface area contributed by atoms with Gasteiger partial charge in [0.2, 0.25) is 0 Å². The van der Waals surface area contributed by atoms with Gasteiger partial charge in [0.15, 0.2) is 0 Å². The van der Waals surface area contributed by atoms with E-state index in [0.717, 1.165) is 11.3 Å². The Morgan fingerprint density at radius 3 is 2.50 bits per heavy atom. The quantitative estimate of drug-likeness (QED) is 0.790. The number of rotatable bonds is 5. The number of carbonyl (C=O) groups is 1. The second kappa shape index (κ2) is 6.41. The summed E-state index contributed by atoms with van der Waals surface area (Å²) in [7, 11) is 0. The molecule has 0 spiro atoms. The number of thiophene rings is 1. The van der Waals surface area contributed by atoms with E-state index in [9.17, 15) is 23.8 Å². The first-order chi connectivity index (χ1) is 10.4.